The summed E-state index contributed by atoms with van der Waals surface area (Å²) in [7, 11) is 1.85. The second-order valence-electron chi connectivity index (χ2n) is 9.71. The molecule has 0 spiro atoms. The zero-order valence-corrected chi connectivity index (χ0v) is 19.5. The van der Waals surface area contributed by atoms with Crippen LogP contribution < -0.4 is 10.6 Å². The molecule has 8 nitrogen and oxygen atoms in total. The molecule has 174 valence electrons. The van der Waals surface area contributed by atoms with E-state index in [1.54, 1.807) is 9.58 Å². The van der Waals surface area contributed by atoms with E-state index < -0.39 is 5.92 Å². The molecule has 0 unspecified atom stereocenters. The maximum atomic E-state index is 13.3. The van der Waals surface area contributed by atoms with Crippen LogP contribution in [0.15, 0.2) is 12.1 Å². The smallest absolute Gasteiger partial charge is 0.272 e. The van der Waals surface area contributed by atoms with Gasteiger partial charge < -0.3 is 15.5 Å². The highest BCUT2D eigenvalue weighted by Crippen LogP contribution is 2.38. The first-order valence-electron chi connectivity index (χ1n) is 11.9. The van der Waals surface area contributed by atoms with Crippen molar-refractivity contribution in [3.63, 3.8) is 0 Å². The molecular weight excluding hydrogens is 418 g/mol. The zero-order chi connectivity index (χ0) is 23.3. The van der Waals surface area contributed by atoms with Gasteiger partial charge in [0.2, 0.25) is 11.8 Å². The SMILES string of the molecule is Cc1cc(C)c2c(c1)[C@@H](CC(=O)N1CCc3c(c(C(=O)NC4CCCC4)nn3C)C1)C(=O)N2. The van der Waals surface area contributed by atoms with E-state index >= 15 is 0 Å². The summed E-state index contributed by atoms with van der Waals surface area (Å²) in [6, 6.07) is 4.25. The molecule has 1 aliphatic carbocycles. The van der Waals surface area contributed by atoms with E-state index in [4.69, 9.17) is 0 Å². The first-order valence-corrected chi connectivity index (χ1v) is 11.9. The third kappa shape index (κ3) is 3.92. The van der Waals surface area contributed by atoms with Gasteiger partial charge in [-0.05, 0) is 37.8 Å². The minimum Gasteiger partial charge on any atom is -0.348 e. The number of benzene rings is 1. The average molecular weight is 450 g/mol. The van der Waals surface area contributed by atoms with Crippen molar-refractivity contribution in [3.05, 3.63) is 45.8 Å². The Morgan fingerprint density at radius 2 is 1.97 bits per heavy atom. The fourth-order valence-corrected chi connectivity index (χ4v) is 5.62. The maximum absolute atomic E-state index is 13.3. The Bertz CT molecular complexity index is 1150. The topological polar surface area (TPSA) is 96.3 Å². The van der Waals surface area contributed by atoms with Crippen LogP contribution in [0.25, 0.3) is 0 Å². The van der Waals surface area contributed by atoms with Crippen molar-refractivity contribution >= 4 is 23.4 Å². The van der Waals surface area contributed by atoms with Crippen LogP contribution in [-0.2, 0) is 29.6 Å². The Morgan fingerprint density at radius 1 is 1.21 bits per heavy atom. The van der Waals surface area contributed by atoms with Gasteiger partial charge in [-0.25, -0.2) is 0 Å². The third-order valence-electron chi connectivity index (χ3n) is 7.33. The number of aryl methyl sites for hydroxylation is 3. The van der Waals surface area contributed by atoms with Crippen molar-refractivity contribution in [1.82, 2.24) is 20.0 Å². The highest BCUT2D eigenvalue weighted by molar-refractivity contribution is 6.05. The standard InChI is InChI=1S/C25H31N5O3/c1-14-10-15(2)22-17(11-14)18(24(32)27-22)12-21(31)30-9-8-20-19(13-30)23(28-29(20)3)25(33)26-16-6-4-5-7-16/h10-11,16,18H,4-9,12-13H2,1-3H3,(H,26,33)(H,27,32)/t18-/m1/s1. The van der Waals surface area contributed by atoms with Gasteiger partial charge in [0, 0.05) is 56.0 Å². The second-order valence-corrected chi connectivity index (χ2v) is 9.71. The van der Waals surface area contributed by atoms with Crippen LogP contribution in [0.3, 0.4) is 0 Å². The lowest BCUT2D eigenvalue weighted by Crippen LogP contribution is -2.39. The summed E-state index contributed by atoms with van der Waals surface area (Å²) < 4.78 is 1.77. The normalized spacial score (nSPS) is 19.9. The number of hydrogen-bond donors (Lipinski definition) is 2. The molecule has 2 aromatic rings. The molecule has 1 aromatic heterocycles. The zero-order valence-electron chi connectivity index (χ0n) is 19.5. The Kier molecular flexibility index (Phi) is 5.46. The Hall–Kier alpha value is -3.16. The minimum atomic E-state index is -0.480. The number of anilines is 1. The number of nitrogens with one attached hydrogen (secondary N) is 2. The van der Waals surface area contributed by atoms with Crippen LogP contribution in [0.2, 0.25) is 0 Å². The number of fused-ring (bicyclic) bond motifs is 2. The van der Waals surface area contributed by atoms with Crippen LogP contribution in [0, 0.1) is 13.8 Å². The molecule has 3 amide bonds. The summed E-state index contributed by atoms with van der Waals surface area (Å²) in [5.41, 5.74) is 6.10. The van der Waals surface area contributed by atoms with E-state index in [-0.39, 0.29) is 30.2 Å². The van der Waals surface area contributed by atoms with Crippen LogP contribution in [0.1, 0.15) is 76.5 Å². The molecule has 3 heterocycles. The summed E-state index contributed by atoms with van der Waals surface area (Å²) in [6.45, 7) is 4.89. The predicted octanol–water partition coefficient (Wildman–Crippen LogP) is 2.72. The van der Waals surface area contributed by atoms with Crippen molar-refractivity contribution in [2.24, 2.45) is 7.05 Å². The van der Waals surface area contributed by atoms with Crippen LogP contribution >= 0.6 is 0 Å². The molecule has 1 fully saturated rings. The van der Waals surface area contributed by atoms with Crippen LogP contribution in [0.5, 0.6) is 0 Å². The average Bonchev–Trinajstić information content (AvgIpc) is 3.48. The molecule has 5 rings (SSSR count). The van der Waals surface area contributed by atoms with Gasteiger partial charge in [0.05, 0.1) is 5.92 Å². The first kappa shape index (κ1) is 21.7. The predicted molar refractivity (Wildman–Crippen MR) is 124 cm³/mol. The van der Waals surface area contributed by atoms with E-state index in [2.05, 4.69) is 15.7 Å². The van der Waals surface area contributed by atoms with Gasteiger partial charge in [-0.1, -0.05) is 30.5 Å². The lowest BCUT2D eigenvalue weighted by atomic mass is 9.93. The van der Waals surface area contributed by atoms with Crippen molar-refractivity contribution in [2.75, 3.05) is 11.9 Å². The number of amides is 3. The molecule has 0 radical (unpaired) electrons. The Labute approximate surface area is 193 Å². The molecule has 2 aliphatic heterocycles. The van der Waals surface area contributed by atoms with E-state index in [1.165, 1.54) is 0 Å². The molecule has 0 saturated heterocycles. The number of nitrogens with zero attached hydrogens (tertiary/aromatic N) is 3. The molecule has 2 N–H and O–H groups in total. The highest BCUT2D eigenvalue weighted by atomic mass is 16.2. The van der Waals surface area contributed by atoms with Crippen molar-refractivity contribution in [1.29, 1.82) is 0 Å². The number of carbonyl (C=O) groups is 3. The number of aromatic nitrogens is 2. The summed E-state index contributed by atoms with van der Waals surface area (Å²) in [5, 5.41) is 10.6. The summed E-state index contributed by atoms with van der Waals surface area (Å²) in [4.78, 5) is 40.7. The molecule has 8 heteroatoms. The number of carbonyl (C=O) groups excluding carboxylic acids is 3. The van der Waals surface area contributed by atoms with Gasteiger partial charge in [0.25, 0.3) is 5.91 Å². The molecule has 3 aliphatic rings. The lowest BCUT2D eigenvalue weighted by Gasteiger charge is -2.28. The molecule has 33 heavy (non-hydrogen) atoms. The van der Waals surface area contributed by atoms with Gasteiger partial charge in [0.1, 0.15) is 0 Å². The van der Waals surface area contributed by atoms with Crippen LogP contribution in [0.4, 0.5) is 5.69 Å². The minimum absolute atomic E-state index is 0.0705. The van der Waals surface area contributed by atoms with E-state index in [1.807, 2.05) is 33.0 Å². The fraction of sp³-hybridized carbons (Fsp3) is 0.520. The Morgan fingerprint density at radius 3 is 2.73 bits per heavy atom. The molecule has 1 atom stereocenters. The van der Waals surface area contributed by atoms with Crippen LogP contribution in [-0.4, -0.2) is 45.0 Å². The lowest BCUT2D eigenvalue weighted by molar-refractivity contribution is -0.134. The molecule has 1 aromatic carbocycles. The summed E-state index contributed by atoms with van der Waals surface area (Å²) >= 11 is 0. The van der Waals surface area contributed by atoms with Crippen molar-refractivity contribution in [2.45, 2.75) is 70.9 Å². The van der Waals surface area contributed by atoms with Gasteiger partial charge in [-0.2, -0.15) is 5.10 Å². The first-order chi connectivity index (χ1) is 15.8. The molecule has 0 bridgehead atoms. The monoisotopic (exact) mass is 449 g/mol. The Balaban J connectivity index is 1.33. The number of rotatable bonds is 4. The maximum Gasteiger partial charge on any atom is 0.272 e. The molecule has 1 saturated carbocycles. The van der Waals surface area contributed by atoms with Gasteiger partial charge >= 0.3 is 0 Å². The number of hydrogen-bond acceptors (Lipinski definition) is 4. The van der Waals surface area contributed by atoms with Gasteiger partial charge in [-0.15, -0.1) is 0 Å². The van der Waals surface area contributed by atoms with Gasteiger partial charge in [-0.3, -0.25) is 19.1 Å². The van der Waals surface area contributed by atoms with E-state index in [0.717, 1.165) is 59.3 Å². The van der Waals surface area contributed by atoms with Gasteiger partial charge in [0.15, 0.2) is 5.69 Å². The second kappa shape index (κ2) is 8.32. The van der Waals surface area contributed by atoms with Crippen molar-refractivity contribution in [3.8, 4) is 0 Å². The fourth-order valence-electron chi connectivity index (χ4n) is 5.62. The van der Waals surface area contributed by atoms with E-state index in [0.29, 0.717) is 25.2 Å². The van der Waals surface area contributed by atoms with E-state index in [9.17, 15) is 14.4 Å². The third-order valence-corrected chi connectivity index (χ3v) is 7.33. The quantitative estimate of drug-likeness (QED) is 0.750. The summed E-state index contributed by atoms with van der Waals surface area (Å²) in [6.07, 6.45) is 5.08. The molecular formula is C25H31N5O3. The largest absolute Gasteiger partial charge is 0.348 e. The highest BCUT2D eigenvalue weighted by Gasteiger charge is 2.36. The van der Waals surface area contributed by atoms with Crippen molar-refractivity contribution < 1.29 is 14.4 Å². The summed E-state index contributed by atoms with van der Waals surface area (Å²) in [5.74, 6) is -0.823.